The molecule has 0 saturated carbocycles. The molecule has 1 aromatic rings. The molecule has 0 amide bonds. The van der Waals surface area contributed by atoms with Crippen LogP contribution < -0.4 is 10.6 Å². The molecule has 0 aliphatic heterocycles. The van der Waals surface area contributed by atoms with Crippen LogP contribution in [0, 0.1) is 10.1 Å². The third-order valence-electron chi connectivity index (χ3n) is 2.13. The summed E-state index contributed by atoms with van der Waals surface area (Å²) in [4.78, 5) is 20.9. The Balaban J connectivity index is 2.98. The zero-order chi connectivity index (χ0) is 12.8. The number of nitro benzene ring substituents is 1. The van der Waals surface area contributed by atoms with Crippen LogP contribution in [0.5, 0.6) is 0 Å². The standard InChI is InChI=1S/C10H13N3O4/c1-11-4-5-12-9-6-7(13(16)17)2-3-8(9)10(14)15/h2-3,6,11-12H,4-5H2,1H3,(H,14,15). The number of aromatic carboxylic acids is 1. The largest absolute Gasteiger partial charge is 0.478 e. The fraction of sp³-hybridized carbons (Fsp3) is 0.300. The Labute approximate surface area is 97.6 Å². The predicted octanol–water partition coefficient (Wildman–Crippen LogP) is 0.924. The average Bonchev–Trinajstić information content (AvgIpc) is 2.28. The third-order valence-corrected chi connectivity index (χ3v) is 2.13. The van der Waals surface area contributed by atoms with Crippen molar-refractivity contribution in [3.8, 4) is 0 Å². The van der Waals surface area contributed by atoms with Gasteiger partial charge in [-0.2, -0.15) is 0 Å². The Morgan fingerprint density at radius 1 is 1.47 bits per heavy atom. The van der Waals surface area contributed by atoms with Crippen LogP contribution in [-0.2, 0) is 0 Å². The molecule has 7 heteroatoms. The smallest absolute Gasteiger partial charge is 0.337 e. The molecule has 1 rings (SSSR count). The van der Waals surface area contributed by atoms with Crippen LogP contribution in [0.15, 0.2) is 18.2 Å². The molecule has 0 atom stereocenters. The van der Waals surface area contributed by atoms with Gasteiger partial charge in [-0.15, -0.1) is 0 Å². The number of carbonyl (C=O) groups is 1. The molecule has 17 heavy (non-hydrogen) atoms. The van der Waals surface area contributed by atoms with Gasteiger partial charge in [0.1, 0.15) is 0 Å². The molecule has 0 radical (unpaired) electrons. The molecule has 0 bridgehead atoms. The fourth-order valence-corrected chi connectivity index (χ4v) is 1.30. The lowest BCUT2D eigenvalue weighted by atomic mass is 10.1. The van der Waals surface area contributed by atoms with Crippen molar-refractivity contribution < 1.29 is 14.8 Å². The molecule has 3 N–H and O–H groups in total. The Hall–Kier alpha value is -2.15. The van der Waals surface area contributed by atoms with Crippen LogP contribution in [0.25, 0.3) is 0 Å². The molecule has 1 aromatic carbocycles. The van der Waals surface area contributed by atoms with Gasteiger partial charge in [-0.1, -0.05) is 0 Å². The van der Waals surface area contributed by atoms with E-state index in [1.165, 1.54) is 18.2 Å². The van der Waals surface area contributed by atoms with Crippen molar-refractivity contribution in [1.29, 1.82) is 0 Å². The second-order valence-electron chi connectivity index (χ2n) is 3.32. The second kappa shape index (κ2) is 5.80. The SMILES string of the molecule is CNCCNc1cc([N+](=O)[O-])ccc1C(=O)O. The van der Waals surface area contributed by atoms with E-state index < -0.39 is 10.9 Å². The van der Waals surface area contributed by atoms with Crippen molar-refractivity contribution in [3.05, 3.63) is 33.9 Å². The van der Waals surface area contributed by atoms with Gasteiger partial charge in [0.25, 0.3) is 5.69 Å². The average molecular weight is 239 g/mol. The van der Waals surface area contributed by atoms with Gasteiger partial charge in [-0.3, -0.25) is 10.1 Å². The summed E-state index contributed by atoms with van der Waals surface area (Å²) >= 11 is 0. The minimum absolute atomic E-state index is 0.0201. The maximum atomic E-state index is 10.9. The summed E-state index contributed by atoms with van der Waals surface area (Å²) in [6.07, 6.45) is 0. The number of nitrogens with one attached hydrogen (secondary N) is 2. The zero-order valence-corrected chi connectivity index (χ0v) is 9.27. The molecule has 7 nitrogen and oxygen atoms in total. The second-order valence-corrected chi connectivity index (χ2v) is 3.32. The molecule has 0 saturated heterocycles. The number of hydrogen-bond acceptors (Lipinski definition) is 5. The van der Waals surface area contributed by atoms with Crippen LogP contribution in [0.3, 0.4) is 0 Å². The van der Waals surface area contributed by atoms with Crippen LogP contribution in [0.1, 0.15) is 10.4 Å². The van der Waals surface area contributed by atoms with Gasteiger partial charge in [-0.25, -0.2) is 4.79 Å². The van der Waals surface area contributed by atoms with Crippen LogP contribution in [-0.4, -0.2) is 36.1 Å². The summed E-state index contributed by atoms with van der Waals surface area (Å²) in [6.45, 7) is 1.11. The van der Waals surface area contributed by atoms with E-state index in [1.807, 2.05) is 0 Å². The Bertz CT molecular complexity index is 434. The summed E-state index contributed by atoms with van der Waals surface area (Å²) in [6, 6.07) is 3.62. The zero-order valence-electron chi connectivity index (χ0n) is 9.27. The number of likely N-dealkylation sites (N-methyl/N-ethyl adjacent to an activating group) is 1. The summed E-state index contributed by atoms with van der Waals surface area (Å²) < 4.78 is 0. The number of carboxylic acids is 1. The van der Waals surface area contributed by atoms with Gasteiger partial charge in [0.15, 0.2) is 0 Å². The van der Waals surface area contributed by atoms with Crippen molar-refractivity contribution in [1.82, 2.24) is 5.32 Å². The van der Waals surface area contributed by atoms with Crippen molar-refractivity contribution in [2.24, 2.45) is 0 Å². The van der Waals surface area contributed by atoms with Gasteiger partial charge in [0.05, 0.1) is 16.2 Å². The van der Waals surface area contributed by atoms with Crippen molar-refractivity contribution in [2.75, 3.05) is 25.5 Å². The summed E-state index contributed by atoms with van der Waals surface area (Å²) in [7, 11) is 1.76. The van der Waals surface area contributed by atoms with Gasteiger partial charge >= 0.3 is 5.97 Å². The Kier molecular flexibility index (Phi) is 4.41. The first kappa shape index (κ1) is 12.9. The monoisotopic (exact) mass is 239 g/mol. The maximum absolute atomic E-state index is 10.9. The van der Waals surface area contributed by atoms with E-state index in [0.717, 1.165) is 0 Å². The number of carboxylic acid groups (broad SMARTS) is 1. The van der Waals surface area contributed by atoms with E-state index in [-0.39, 0.29) is 16.9 Å². The number of nitrogens with zero attached hydrogens (tertiary/aromatic N) is 1. The van der Waals surface area contributed by atoms with E-state index in [2.05, 4.69) is 10.6 Å². The number of benzene rings is 1. The molecule has 0 fully saturated rings. The first-order valence-corrected chi connectivity index (χ1v) is 4.96. The number of anilines is 1. The summed E-state index contributed by atoms with van der Waals surface area (Å²) in [5.41, 5.74) is 0.135. The molecule has 0 heterocycles. The number of nitro groups is 1. The quantitative estimate of drug-likeness (QED) is 0.387. The first-order valence-electron chi connectivity index (χ1n) is 4.96. The highest BCUT2D eigenvalue weighted by Crippen LogP contribution is 2.22. The number of non-ortho nitro benzene ring substituents is 1. The summed E-state index contributed by atoms with van der Waals surface area (Å²) in [5.74, 6) is -1.12. The van der Waals surface area contributed by atoms with E-state index in [9.17, 15) is 14.9 Å². The Morgan fingerprint density at radius 2 is 2.18 bits per heavy atom. The number of hydrogen-bond donors (Lipinski definition) is 3. The predicted molar refractivity (Wildman–Crippen MR) is 62.5 cm³/mol. The lowest BCUT2D eigenvalue weighted by Gasteiger charge is -2.08. The first-order chi connectivity index (χ1) is 8.06. The molecular formula is C10H13N3O4. The van der Waals surface area contributed by atoms with Gasteiger partial charge in [0.2, 0.25) is 0 Å². The minimum Gasteiger partial charge on any atom is -0.478 e. The summed E-state index contributed by atoms with van der Waals surface area (Å²) in [5, 5.41) is 25.2. The van der Waals surface area contributed by atoms with Gasteiger partial charge in [-0.05, 0) is 13.1 Å². The fourth-order valence-electron chi connectivity index (χ4n) is 1.30. The molecule has 0 aromatic heterocycles. The number of rotatable bonds is 6. The highest BCUT2D eigenvalue weighted by Gasteiger charge is 2.14. The lowest BCUT2D eigenvalue weighted by molar-refractivity contribution is -0.384. The van der Waals surface area contributed by atoms with Gasteiger partial charge < -0.3 is 15.7 Å². The third kappa shape index (κ3) is 3.42. The molecule has 0 spiro atoms. The van der Waals surface area contributed by atoms with E-state index >= 15 is 0 Å². The van der Waals surface area contributed by atoms with E-state index in [4.69, 9.17) is 5.11 Å². The Morgan fingerprint density at radius 3 is 2.71 bits per heavy atom. The van der Waals surface area contributed by atoms with Crippen molar-refractivity contribution in [2.45, 2.75) is 0 Å². The highest BCUT2D eigenvalue weighted by atomic mass is 16.6. The highest BCUT2D eigenvalue weighted by molar-refractivity contribution is 5.94. The van der Waals surface area contributed by atoms with Crippen molar-refractivity contribution in [3.63, 3.8) is 0 Å². The lowest BCUT2D eigenvalue weighted by Crippen LogP contribution is -2.19. The van der Waals surface area contributed by atoms with E-state index in [1.54, 1.807) is 7.05 Å². The van der Waals surface area contributed by atoms with Crippen molar-refractivity contribution >= 4 is 17.3 Å². The molecule has 0 aliphatic rings. The molecule has 0 aliphatic carbocycles. The maximum Gasteiger partial charge on any atom is 0.337 e. The van der Waals surface area contributed by atoms with E-state index in [0.29, 0.717) is 13.1 Å². The normalized spacial score (nSPS) is 9.94. The topological polar surface area (TPSA) is 105 Å². The van der Waals surface area contributed by atoms with Crippen LogP contribution in [0.2, 0.25) is 0 Å². The van der Waals surface area contributed by atoms with Gasteiger partial charge in [0, 0.05) is 25.2 Å². The molecule has 92 valence electrons. The van der Waals surface area contributed by atoms with Crippen LogP contribution >= 0.6 is 0 Å². The molecule has 0 unspecified atom stereocenters. The minimum atomic E-state index is -1.12. The van der Waals surface area contributed by atoms with Crippen LogP contribution in [0.4, 0.5) is 11.4 Å². The molecular weight excluding hydrogens is 226 g/mol.